The maximum atomic E-state index is 4.16. The lowest BCUT2D eigenvalue weighted by molar-refractivity contribution is 0.502. The summed E-state index contributed by atoms with van der Waals surface area (Å²) in [4.78, 5) is 3.99. The van der Waals surface area contributed by atoms with Crippen LogP contribution in [-0.4, -0.2) is 20.8 Å². The van der Waals surface area contributed by atoms with E-state index in [-0.39, 0.29) is 0 Å². The average molecular weight is 284 g/mol. The van der Waals surface area contributed by atoms with Crippen LogP contribution in [0.15, 0.2) is 36.9 Å². The van der Waals surface area contributed by atoms with Crippen LogP contribution in [-0.2, 0) is 6.54 Å². The van der Waals surface area contributed by atoms with E-state index in [9.17, 15) is 0 Å². The molecule has 1 saturated carbocycles. The Morgan fingerprint density at radius 3 is 3.05 bits per heavy atom. The molecule has 2 atom stereocenters. The van der Waals surface area contributed by atoms with Crippen LogP contribution in [0.5, 0.6) is 0 Å². The van der Waals surface area contributed by atoms with E-state index in [1.165, 1.54) is 43.4 Å². The highest BCUT2D eigenvalue weighted by atomic mass is 15.3. The molecule has 0 amide bonds. The third kappa shape index (κ3) is 4.06. The number of nitrogens with zero attached hydrogens (tertiary/aromatic N) is 3. The Hall–Kier alpha value is -1.84. The van der Waals surface area contributed by atoms with Gasteiger partial charge in [-0.3, -0.25) is 0 Å². The fraction of sp³-hybridized carbons (Fsp3) is 0.529. The van der Waals surface area contributed by atoms with Crippen molar-refractivity contribution in [2.45, 2.75) is 51.6 Å². The molecule has 0 saturated heterocycles. The molecule has 1 aliphatic rings. The molecular formula is C17H24N4. The van der Waals surface area contributed by atoms with Gasteiger partial charge in [0.1, 0.15) is 12.7 Å². The SMILES string of the molecule is CC1CCCC(Nc2cccc(Cn3cncn3)c2)CC1. The van der Waals surface area contributed by atoms with Crippen molar-refractivity contribution < 1.29 is 0 Å². The predicted molar refractivity (Wildman–Crippen MR) is 85.2 cm³/mol. The van der Waals surface area contributed by atoms with E-state index in [1.807, 2.05) is 4.68 Å². The van der Waals surface area contributed by atoms with Gasteiger partial charge in [0.15, 0.2) is 0 Å². The highest BCUT2D eigenvalue weighted by molar-refractivity contribution is 5.46. The first kappa shape index (κ1) is 14.1. The molecule has 1 fully saturated rings. The lowest BCUT2D eigenvalue weighted by Crippen LogP contribution is -2.18. The molecule has 2 aromatic rings. The van der Waals surface area contributed by atoms with Gasteiger partial charge in [-0.2, -0.15) is 5.10 Å². The van der Waals surface area contributed by atoms with Crippen LogP contribution < -0.4 is 5.32 Å². The minimum Gasteiger partial charge on any atom is -0.382 e. The van der Waals surface area contributed by atoms with Crippen LogP contribution in [0, 0.1) is 5.92 Å². The van der Waals surface area contributed by atoms with E-state index >= 15 is 0 Å². The van der Waals surface area contributed by atoms with Gasteiger partial charge in [0.25, 0.3) is 0 Å². The van der Waals surface area contributed by atoms with Crippen molar-refractivity contribution in [2.24, 2.45) is 5.92 Å². The maximum absolute atomic E-state index is 4.16. The summed E-state index contributed by atoms with van der Waals surface area (Å²) in [6, 6.07) is 9.28. The normalized spacial score (nSPS) is 22.7. The number of anilines is 1. The van der Waals surface area contributed by atoms with E-state index in [1.54, 1.807) is 12.7 Å². The van der Waals surface area contributed by atoms with Gasteiger partial charge >= 0.3 is 0 Å². The van der Waals surface area contributed by atoms with Gasteiger partial charge in [-0.25, -0.2) is 9.67 Å². The molecule has 0 spiro atoms. The predicted octanol–water partition coefficient (Wildman–Crippen LogP) is 3.71. The first-order valence-corrected chi connectivity index (χ1v) is 7.97. The molecule has 1 aromatic heterocycles. The van der Waals surface area contributed by atoms with Crippen molar-refractivity contribution in [3.63, 3.8) is 0 Å². The van der Waals surface area contributed by atoms with Crippen molar-refractivity contribution in [3.8, 4) is 0 Å². The van der Waals surface area contributed by atoms with Crippen LogP contribution in [0.25, 0.3) is 0 Å². The summed E-state index contributed by atoms with van der Waals surface area (Å²) in [6.45, 7) is 3.15. The fourth-order valence-corrected chi connectivity index (χ4v) is 3.13. The second-order valence-electron chi connectivity index (χ2n) is 6.25. The number of hydrogen-bond donors (Lipinski definition) is 1. The van der Waals surface area contributed by atoms with Crippen LogP contribution in [0.3, 0.4) is 0 Å². The molecule has 0 radical (unpaired) electrons. The molecule has 1 heterocycles. The first-order valence-electron chi connectivity index (χ1n) is 7.97. The van der Waals surface area contributed by atoms with E-state index < -0.39 is 0 Å². The van der Waals surface area contributed by atoms with E-state index in [0.29, 0.717) is 6.04 Å². The van der Waals surface area contributed by atoms with Crippen molar-refractivity contribution in [1.29, 1.82) is 0 Å². The van der Waals surface area contributed by atoms with Crippen LogP contribution >= 0.6 is 0 Å². The van der Waals surface area contributed by atoms with Gasteiger partial charge in [0, 0.05) is 11.7 Å². The summed E-state index contributed by atoms with van der Waals surface area (Å²) in [6.07, 6.45) is 9.98. The Labute approximate surface area is 126 Å². The van der Waals surface area contributed by atoms with E-state index in [2.05, 4.69) is 46.6 Å². The molecule has 4 heteroatoms. The van der Waals surface area contributed by atoms with Gasteiger partial charge in [-0.1, -0.05) is 31.9 Å². The molecule has 112 valence electrons. The smallest absolute Gasteiger partial charge is 0.137 e. The number of benzene rings is 1. The van der Waals surface area contributed by atoms with Crippen molar-refractivity contribution in [3.05, 3.63) is 42.5 Å². The summed E-state index contributed by atoms with van der Waals surface area (Å²) in [5, 5.41) is 7.88. The van der Waals surface area contributed by atoms with E-state index in [4.69, 9.17) is 0 Å². The molecule has 1 aromatic carbocycles. The average Bonchev–Trinajstić information content (AvgIpc) is 2.89. The van der Waals surface area contributed by atoms with Gasteiger partial charge in [-0.15, -0.1) is 0 Å². The third-order valence-corrected chi connectivity index (χ3v) is 4.37. The molecule has 4 nitrogen and oxygen atoms in total. The first-order chi connectivity index (χ1) is 10.3. The molecule has 3 rings (SSSR count). The molecule has 1 N–H and O–H groups in total. The maximum Gasteiger partial charge on any atom is 0.137 e. The molecule has 1 aliphatic carbocycles. The van der Waals surface area contributed by atoms with Crippen molar-refractivity contribution in [1.82, 2.24) is 14.8 Å². The summed E-state index contributed by atoms with van der Waals surface area (Å²) >= 11 is 0. The Bertz CT molecular complexity index is 550. The second kappa shape index (κ2) is 6.74. The zero-order valence-electron chi connectivity index (χ0n) is 12.7. The van der Waals surface area contributed by atoms with Gasteiger partial charge in [0.05, 0.1) is 6.54 Å². The zero-order chi connectivity index (χ0) is 14.5. The van der Waals surface area contributed by atoms with Crippen molar-refractivity contribution >= 4 is 5.69 Å². The third-order valence-electron chi connectivity index (χ3n) is 4.37. The Kier molecular flexibility index (Phi) is 4.53. The highest BCUT2D eigenvalue weighted by Crippen LogP contribution is 2.25. The minimum atomic E-state index is 0.622. The Balaban J connectivity index is 1.62. The molecular weight excluding hydrogens is 260 g/mol. The van der Waals surface area contributed by atoms with Crippen LogP contribution in [0.1, 0.15) is 44.6 Å². The van der Waals surface area contributed by atoms with E-state index in [0.717, 1.165) is 12.5 Å². The quantitative estimate of drug-likeness (QED) is 0.870. The van der Waals surface area contributed by atoms with Crippen molar-refractivity contribution in [2.75, 3.05) is 5.32 Å². The molecule has 21 heavy (non-hydrogen) atoms. The number of rotatable bonds is 4. The summed E-state index contributed by atoms with van der Waals surface area (Å²) in [5.41, 5.74) is 2.49. The van der Waals surface area contributed by atoms with Crippen LogP contribution in [0.4, 0.5) is 5.69 Å². The molecule has 2 unspecified atom stereocenters. The number of nitrogens with one attached hydrogen (secondary N) is 1. The lowest BCUT2D eigenvalue weighted by atomic mass is 10.0. The summed E-state index contributed by atoms with van der Waals surface area (Å²) in [7, 11) is 0. The second-order valence-corrected chi connectivity index (χ2v) is 6.25. The number of aromatic nitrogens is 3. The lowest BCUT2D eigenvalue weighted by Gasteiger charge is -2.18. The fourth-order valence-electron chi connectivity index (χ4n) is 3.13. The highest BCUT2D eigenvalue weighted by Gasteiger charge is 2.15. The molecule has 0 bridgehead atoms. The van der Waals surface area contributed by atoms with Gasteiger partial charge in [0.2, 0.25) is 0 Å². The standard InChI is InChI=1S/C17H24N4/c1-14-4-2-6-16(9-8-14)20-17-7-3-5-15(10-17)11-21-13-18-12-19-21/h3,5,7,10,12-14,16,20H,2,4,6,8-9,11H2,1H3. The largest absolute Gasteiger partial charge is 0.382 e. The van der Waals surface area contributed by atoms with Crippen LogP contribution in [0.2, 0.25) is 0 Å². The summed E-state index contributed by atoms with van der Waals surface area (Å²) < 4.78 is 1.85. The number of hydrogen-bond acceptors (Lipinski definition) is 3. The Morgan fingerprint density at radius 2 is 2.19 bits per heavy atom. The topological polar surface area (TPSA) is 42.7 Å². The minimum absolute atomic E-state index is 0.622. The molecule has 0 aliphatic heterocycles. The zero-order valence-corrected chi connectivity index (χ0v) is 12.7. The van der Waals surface area contributed by atoms with Gasteiger partial charge < -0.3 is 5.32 Å². The monoisotopic (exact) mass is 284 g/mol. The Morgan fingerprint density at radius 1 is 1.24 bits per heavy atom. The summed E-state index contributed by atoms with van der Waals surface area (Å²) in [5.74, 6) is 0.885. The van der Waals surface area contributed by atoms with Gasteiger partial charge in [-0.05, 0) is 42.9 Å².